The minimum absolute atomic E-state index is 0.0151. The number of aryl methyl sites for hydroxylation is 1. The zero-order chi connectivity index (χ0) is 21.6. The average molecular weight is 414 g/mol. The molecule has 0 unspecified atom stereocenters. The summed E-state index contributed by atoms with van der Waals surface area (Å²) in [5, 5.41) is 4.15. The number of hydrogen-bond donors (Lipinski definition) is 0. The van der Waals surface area contributed by atoms with Crippen LogP contribution in [0.15, 0.2) is 18.3 Å². The van der Waals surface area contributed by atoms with E-state index in [9.17, 15) is 17.6 Å². The van der Waals surface area contributed by atoms with Crippen molar-refractivity contribution in [2.75, 3.05) is 6.61 Å². The van der Waals surface area contributed by atoms with Gasteiger partial charge in [0.25, 0.3) is 0 Å². The fourth-order valence-corrected chi connectivity index (χ4v) is 3.06. The van der Waals surface area contributed by atoms with Crippen LogP contribution in [-0.4, -0.2) is 41.3 Å². The summed E-state index contributed by atoms with van der Waals surface area (Å²) in [6.45, 7) is 5.85. The lowest BCUT2D eigenvalue weighted by Gasteiger charge is -2.32. The number of halogens is 4. The van der Waals surface area contributed by atoms with Crippen LogP contribution in [0.3, 0.4) is 0 Å². The largest absolute Gasteiger partial charge is 0.497 e. The van der Waals surface area contributed by atoms with Crippen LogP contribution < -0.4 is 5.46 Å². The molecule has 10 heteroatoms. The lowest BCUT2D eigenvalue weighted by atomic mass is 9.78. The standard InChI is InChI=1S/C19H23BF4N2O3/c1-11-13(10-26(25-11)8-9-27-17(23)24)12-6-7-14(16(22)15(12)21)20-28-18(2,3)19(4,5)29-20/h6-7,10,17H,8-9H2,1-5H3. The van der Waals surface area contributed by atoms with Gasteiger partial charge < -0.3 is 14.0 Å². The van der Waals surface area contributed by atoms with Gasteiger partial charge in [0.05, 0.1) is 30.0 Å². The highest BCUT2D eigenvalue weighted by Gasteiger charge is 2.52. The molecule has 0 saturated carbocycles. The van der Waals surface area contributed by atoms with Crippen LogP contribution in [0, 0.1) is 18.6 Å². The third-order valence-corrected chi connectivity index (χ3v) is 5.42. The molecule has 0 radical (unpaired) electrons. The molecule has 2 aromatic rings. The van der Waals surface area contributed by atoms with E-state index in [1.807, 2.05) is 27.7 Å². The van der Waals surface area contributed by atoms with Crippen molar-refractivity contribution >= 4 is 12.6 Å². The minimum atomic E-state index is -2.87. The van der Waals surface area contributed by atoms with Crippen LogP contribution in [-0.2, 0) is 20.6 Å². The Morgan fingerprint density at radius 2 is 1.69 bits per heavy atom. The molecule has 29 heavy (non-hydrogen) atoms. The van der Waals surface area contributed by atoms with Gasteiger partial charge in [0.15, 0.2) is 11.6 Å². The van der Waals surface area contributed by atoms with Gasteiger partial charge in [0, 0.05) is 22.8 Å². The van der Waals surface area contributed by atoms with E-state index in [0.29, 0.717) is 11.3 Å². The zero-order valence-electron chi connectivity index (χ0n) is 16.9. The van der Waals surface area contributed by atoms with Crippen LogP contribution >= 0.6 is 0 Å². The third-order valence-electron chi connectivity index (χ3n) is 5.42. The number of aromatic nitrogens is 2. The maximum atomic E-state index is 14.9. The van der Waals surface area contributed by atoms with Crippen molar-refractivity contribution < 1.29 is 31.6 Å². The van der Waals surface area contributed by atoms with Crippen LogP contribution in [0.5, 0.6) is 0 Å². The second kappa shape index (κ2) is 7.73. The maximum absolute atomic E-state index is 14.9. The van der Waals surface area contributed by atoms with Crippen molar-refractivity contribution in [2.24, 2.45) is 0 Å². The van der Waals surface area contributed by atoms with Crippen LogP contribution in [0.4, 0.5) is 17.6 Å². The average Bonchev–Trinajstić information content (AvgIpc) is 3.06. The second-order valence-electron chi connectivity index (χ2n) is 7.94. The predicted molar refractivity (Wildman–Crippen MR) is 100.0 cm³/mol. The summed E-state index contributed by atoms with van der Waals surface area (Å²) < 4.78 is 71.1. The lowest BCUT2D eigenvalue weighted by molar-refractivity contribution is -0.130. The van der Waals surface area contributed by atoms with E-state index in [0.717, 1.165) is 0 Å². The van der Waals surface area contributed by atoms with Crippen LogP contribution in [0.2, 0.25) is 0 Å². The first-order chi connectivity index (χ1) is 13.4. The van der Waals surface area contributed by atoms with Gasteiger partial charge in [-0.3, -0.25) is 4.68 Å². The molecular weight excluding hydrogens is 391 g/mol. The number of benzene rings is 1. The molecule has 1 aromatic heterocycles. The van der Waals surface area contributed by atoms with Gasteiger partial charge in [-0.1, -0.05) is 12.1 Å². The van der Waals surface area contributed by atoms with Crippen molar-refractivity contribution in [3.63, 3.8) is 0 Å². The highest BCUT2D eigenvalue weighted by molar-refractivity contribution is 6.62. The first-order valence-corrected chi connectivity index (χ1v) is 9.20. The van der Waals surface area contributed by atoms with E-state index in [1.54, 1.807) is 6.92 Å². The summed E-state index contributed by atoms with van der Waals surface area (Å²) >= 11 is 0. The summed E-state index contributed by atoms with van der Waals surface area (Å²) in [6.07, 6.45) is 1.47. The van der Waals surface area contributed by atoms with E-state index < -0.39 is 36.6 Å². The summed E-state index contributed by atoms with van der Waals surface area (Å²) in [5.41, 5.74) is -0.585. The molecule has 0 atom stereocenters. The molecule has 1 aliphatic rings. The van der Waals surface area contributed by atoms with E-state index in [2.05, 4.69) is 9.84 Å². The third kappa shape index (κ3) is 4.20. The molecule has 1 aliphatic heterocycles. The summed E-state index contributed by atoms with van der Waals surface area (Å²) in [7, 11) is -1.03. The molecule has 0 N–H and O–H groups in total. The van der Waals surface area contributed by atoms with Gasteiger partial charge >= 0.3 is 13.7 Å². The number of nitrogens with zero attached hydrogens (tertiary/aromatic N) is 2. The molecule has 0 bridgehead atoms. The number of alkyl halides is 2. The number of hydrogen-bond acceptors (Lipinski definition) is 4. The van der Waals surface area contributed by atoms with Crippen LogP contribution in [0.1, 0.15) is 33.4 Å². The lowest BCUT2D eigenvalue weighted by Crippen LogP contribution is -2.41. The summed E-state index contributed by atoms with van der Waals surface area (Å²) in [5.74, 6) is -2.11. The Balaban J connectivity index is 1.86. The molecule has 0 aliphatic carbocycles. The van der Waals surface area contributed by atoms with E-state index in [-0.39, 0.29) is 24.2 Å². The Kier molecular flexibility index (Phi) is 5.81. The quantitative estimate of drug-likeness (QED) is 0.535. The second-order valence-corrected chi connectivity index (χ2v) is 7.94. The van der Waals surface area contributed by atoms with Gasteiger partial charge in [-0.25, -0.2) is 8.78 Å². The van der Waals surface area contributed by atoms with Crippen molar-refractivity contribution in [3.05, 3.63) is 35.7 Å². The number of ether oxygens (including phenoxy) is 1. The topological polar surface area (TPSA) is 45.5 Å². The molecule has 3 rings (SSSR count). The van der Waals surface area contributed by atoms with Crippen molar-refractivity contribution in [2.45, 2.75) is 59.0 Å². The van der Waals surface area contributed by atoms with Crippen molar-refractivity contribution in [3.8, 4) is 11.1 Å². The molecular formula is C19H23BF4N2O3. The Labute approximate surface area is 167 Å². The zero-order valence-corrected chi connectivity index (χ0v) is 16.9. The van der Waals surface area contributed by atoms with E-state index in [1.165, 1.54) is 23.0 Å². The highest BCUT2D eigenvalue weighted by Crippen LogP contribution is 2.37. The Morgan fingerprint density at radius 3 is 2.28 bits per heavy atom. The smallest absolute Gasteiger partial charge is 0.399 e. The first-order valence-electron chi connectivity index (χ1n) is 9.20. The highest BCUT2D eigenvalue weighted by atomic mass is 19.3. The van der Waals surface area contributed by atoms with E-state index >= 15 is 0 Å². The minimum Gasteiger partial charge on any atom is -0.399 e. The summed E-state index contributed by atoms with van der Waals surface area (Å²) in [6, 6.07) is 2.86. The van der Waals surface area contributed by atoms with E-state index in [4.69, 9.17) is 9.31 Å². The fourth-order valence-electron chi connectivity index (χ4n) is 3.06. The first kappa shape index (κ1) is 21.8. The SMILES string of the molecule is Cc1nn(CCOC(F)F)cc1-c1ccc(B2OC(C)(C)C(C)(C)O2)c(F)c1F. The fraction of sp³-hybridized carbons (Fsp3) is 0.526. The van der Waals surface area contributed by atoms with Crippen molar-refractivity contribution in [1.29, 1.82) is 0 Å². The predicted octanol–water partition coefficient (Wildman–Crippen LogP) is 3.68. The number of rotatable bonds is 6. The summed E-state index contributed by atoms with van der Waals surface area (Å²) in [4.78, 5) is 0. The molecule has 0 spiro atoms. The maximum Gasteiger partial charge on any atom is 0.497 e. The van der Waals surface area contributed by atoms with Gasteiger partial charge in [-0.05, 0) is 34.6 Å². The molecule has 2 heterocycles. The van der Waals surface area contributed by atoms with Crippen LogP contribution in [0.25, 0.3) is 11.1 Å². The Bertz CT molecular complexity index is 886. The Morgan fingerprint density at radius 1 is 1.07 bits per heavy atom. The Hall–Kier alpha value is -1.91. The van der Waals surface area contributed by atoms with Gasteiger partial charge in [0.2, 0.25) is 0 Å². The van der Waals surface area contributed by atoms with Gasteiger partial charge in [0.1, 0.15) is 0 Å². The molecule has 1 aromatic carbocycles. The normalized spacial score (nSPS) is 18.1. The van der Waals surface area contributed by atoms with Gasteiger partial charge in [-0.15, -0.1) is 0 Å². The molecule has 1 fully saturated rings. The van der Waals surface area contributed by atoms with Crippen molar-refractivity contribution in [1.82, 2.24) is 9.78 Å². The molecule has 158 valence electrons. The molecule has 1 saturated heterocycles. The van der Waals surface area contributed by atoms with Gasteiger partial charge in [-0.2, -0.15) is 13.9 Å². The molecule has 5 nitrogen and oxygen atoms in total. The molecule has 0 amide bonds. The monoisotopic (exact) mass is 414 g/mol.